The maximum absolute atomic E-state index is 11.8. The lowest BCUT2D eigenvalue weighted by molar-refractivity contribution is -0.113. The van der Waals surface area contributed by atoms with E-state index in [9.17, 15) is 4.79 Å². The number of hydrogen-bond donors (Lipinski definition) is 1. The maximum atomic E-state index is 11.8. The number of thioether (sulfide) groups is 1. The molecule has 0 saturated carbocycles. The molecule has 0 aliphatic rings. The molecule has 1 N–H and O–H groups in total. The Balaban J connectivity index is 1.82. The Morgan fingerprint density at radius 1 is 1.32 bits per heavy atom. The number of amides is 1. The van der Waals surface area contributed by atoms with E-state index in [-0.39, 0.29) is 5.91 Å². The summed E-state index contributed by atoms with van der Waals surface area (Å²) in [6.45, 7) is 4.06. The van der Waals surface area contributed by atoms with Crippen molar-refractivity contribution in [3.63, 3.8) is 0 Å². The molecule has 19 heavy (non-hydrogen) atoms. The third-order valence-corrected chi connectivity index (χ3v) is 4.40. The number of nitrogens with zero attached hydrogens (tertiary/aromatic N) is 2. The van der Waals surface area contributed by atoms with Gasteiger partial charge in [0.15, 0.2) is 0 Å². The molecule has 0 atom stereocenters. The molecule has 0 fully saturated rings. The highest BCUT2D eigenvalue weighted by atomic mass is 32.2. The molecule has 0 bridgehead atoms. The second kappa shape index (κ2) is 6.68. The van der Waals surface area contributed by atoms with E-state index in [2.05, 4.69) is 15.5 Å². The molecular weight excluding hydrogens is 278 g/mol. The quantitative estimate of drug-likeness (QED) is 0.860. The second-order valence-corrected chi connectivity index (χ2v) is 6.12. The lowest BCUT2D eigenvalue weighted by Crippen LogP contribution is -2.13. The summed E-state index contributed by atoms with van der Waals surface area (Å²) in [7, 11) is 0. The van der Waals surface area contributed by atoms with E-state index in [4.69, 9.17) is 0 Å². The van der Waals surface area contributed by atoms with Crippen molar-refractivity contribution in [3.8, 4) is 0 Å². The average molecular weight is 293 g/mol. The van der Waals surface area contributed by atoms with E-state index in [1.165, 1.54) is 28.7 Å². The molecule has 2 rings (SSSR count). The van der Waals surface area contributed by atoms with E-state index < -0.39 is 0 Å². The number of nitrogens with one attached hydrogen (secondary N) is 1. The Hall–Kier alpha value is -1.40. The van der Waals surface area contributed by atoms with Crippen LogP contribution in [-0.4, -0.2) is 21.9 Å². The number of carbonyl (C=O) groups is 1. The molecule has 0 unspecified atom stereocenters. The summed E-state index contributed by atoms with van der Waals surface area (Å²) >= 11 is 2.93. The van der Waals surface area contributed by atoms with Crippen molar-refractivity contribution < 1.29 is 4.79 Å². The molecule has 0 radical (unpaired) electrons. The standard InChI is InChI=1S/C13H15N3OS2/c1-3-12-15-16-13(19-12)14-11(17)8-18-10-6-4-9(2)5-7-10/h4-7H,3,8H2,1-2H3,(H,14,16,17). The van der Waals surface area contributed by atoms with Gasteiger partial charge in [-0.1, -0.05) is 36.0 Å². The fourth-order valence-corrected chi connectivity index (χ4v) is 2.78. The first-order chi connectivity index (χ1) is 9.17. The highest BCUT2D eigenvalue weighted by Gasteiger charge is 2.07. The normalized spacial score (nSPS) is 10.4. The summed E-state index contributed by atoms with van der Waals surface area (Å²) in [5.41, 5.74) is 1.22. The van der Waals surface area contributed by atoms with Gasteiger partial charge in [-0.3, -0.25) is 10.1 Å². The van der Waals surface area contributed by atoms with Crippen LogP contribution in [0.5, 0.6) is 0 Å². The van der Waals surface area contributed by atoms with Crippen LogP contribution >= 0.6 is 23.1 Å². The molecule has 1 heterocycles. The number of aryl methyl sites for hydroxylation is 2. The smallest absolute Gasteiger partial charge is 0.236 e. The van der Waals surface area contributed by atoms with Crippen LogP contribution in [0.15, 0.2) is 29.2 Å². The van der Waals surface area contributed by atoms with Crippen molar-refractivity contribution in [1.82, 2.24) is 10.2 Å². The Labute approximate surface area is 120 Å². The van der Waals surface area contributed by atoms with Gasteiger partial charge >= 0.3 is 0 Å². The third-order valence-electron chi connectivity index (χ3n) is 2.41. The van der Waals surface area contributed by atoms with Gasteiger partial charge in [0.2, 0.25) is 11.0 Å². The lowest BCUT2D eigenvalue weighted by atomic mass is 10.2. The lowest BCUT2D eigenvalue weighted by Gasteiger charge is -2.02. The van der Waals surface area contributed by atoms with Gasteiger partial charge in [-0.05, 0) is 25.5 Å². The molecule has 1 aromatic heterocycles. The Morgan fingerprint density at radius 2 is 2.05 bits per heavy atom. The zero-order chi connectivity index (χ0) is 13.7. The molecule has 2 aromatic rings. The van der Waals surface area contributed by atoms with Crippen molar-refractivity contribution in [2.75, 3.05) is 11.1 Å². The highest BCUT2D eigenvalue weighted by molar-refractivity contribution is 8.00. The minimum absolute atomic E-state index is 0.0515. The van der Waals surface area contributed by atoms with Crippen molar-refractivity contribution in [3.05, 3.63) is 34.8 Å². The van der Waals surface area contributed by atoms with Crippen molar-refractivity contribution in [2.45, 2.75) is 25.2 Å². The van der Waals surface area contributed by atoms with Gasteiger partial charge in [-0.15, -0.1) is 22.0 Å². The number of carbonyl (C=O) groups excluding carboxylic acids is 1. The monoisotopic (exact) mass is 293 g/mol. The van der Waals surface area contributed by atoms with Gasteiger partial charge in [0.1, 0.15) is 5.01 Å². The largest absolute Gasteiger partial charge is 0.300 e. The second-order valence-electron chi connectivity index (χ2n) is 4.00. The van der Waals surface area contributed by atoms with Crippen LogP contribution in [0.4, 0.5) is 5.13 Å². The zero-order valence-electron chi connectivity index (χ0n) is 10.8. The molecular formula is C13H15N3OS2. The van der Waals surface area contributed by atoms with E-state index in [1.54, 1.807) is 0 Å². The predicted octanol–water partition coefficient (Wildman–Crippen LogP) is 3.14. The Bertz CT molecular complexity index is 551. The number of anilines is 1. The topological polar surface area (TPSA) is 54.9 Å². The molecule has 1 amide bonds. The molecule has 0 saturated heterocycles. The van der Waals surface area contributed by atoms with Crippen LogP contribution in [-0.2, 0) is 11.2 Å². The van der Waals surface area contributed by atoms with Crippen LogP contribution in [0.2, 0.25) is 0 Å². The first kappa shape index (κ1) is 14.0. The average Bonchev–Trinajstić information content (AvgIpc) is 2.86. The van der Waals surface area contributed by atoms with Gasteiger partial charge in [0.05, 0.1) is 5.75 Å². The molecule has 0 aliphatic carbocycles. The minimum atomic E-state index is -0.0515. The molecule has 0 aliphatic heterocycles. The molecule has 0 spiro atoms. The van der Waals surface area contributed by atoms with Crippen LogP contribution in [0.25, 0.3) is 0 Å². The van der Waals surface area contributed by atoms with Crippen LogP contribution in [0.1, 0.15) is 17.5 Å². The van der Waals surface area contributed by atoms with Gasteiger partial charge in [-0.2, -0.15) is 0 Å². The van der Waals surface area contributed by atoms with Crippen molar-refractivity contribution in [2.24, 2.45) is 0 Å². The summed E-state index contributed by atoms with van der Waals surface area (Å²) in [6.07, 6.45) is 0.839. The van der Waals surface area contributed by atoms with Crippen molar-refractivity contribution in [1.29, 1.82) is 0 Å². The number of benzene rings is 1. The van der Waals surface area contributed by atoms with E-state index >= 15 is 0 Å². The molecule has 1 aromatic carbocycles. The van der Waals surface area contributed by atoms with Gasteiger partial charge in [-0.25, -0.2) is 0 Å². The summed E-state index contributed by atoms with van der Waals surface area (Å²) in [6, 6.07) is 8.12. The van der Waals surface area contributed by atoms with Crippen LogP contribution in [0.3, 0.4) is 0 Å². The first-order valence-corrected chi connectivity index (χ1v) is 7.79. The highest BCUT2D eigenvalue weighted by Crippen LogP contribution is 2.19. The number of rotatable bonds is 5. The Kier molecular flexibility index (Phi) is 4.93. The first-order valence-electron chi connectivity index (χ1n) is 5.99. The minimum Gasteiger partial charge on any atom is -0.300 e. The fraction of sp³-hybridized carbons (Fsp3) is 0.308. The summed E-state index contributed by atoms with van der Waals surface area (Å²) in [4.78, 5) is 12.8. The SMILES string of the molecule is CCc1nnc(NC(=O)CSc2ccc(C)cc2)s1. The van der Waals surface area contributed by atoms with Crippen LogP contribution < -0.4 is 5.32 Å². The van der Waals surface area contributed by atoms with E-state index in [0.29, 0.717) is 10.9 Å². The van der Waals surface area contributed by atoms with Gasteiger partial charge in [0.25, 0.3) is 0 Å². The van der Waals surface area contributed by atoms with Crippen molar-refractivity contribution >= 4 is 34.1 Å². The molecule has 100 valence electrons. The molecule has 6 heteroatoms. The fourth-order valence-electron chi connectivity index (χ4n) is 1.39. The summed E-state index contributed by atoms with van der Waals surface area (Å²) < 4.78 is 0. The molecule has 4 nitrogen and oxygen atoms in total. The third kappa shape index (κ3) is 4.33. The van der Waals surface area contributed by atoms with Gasteiger partial charge < -0.3 is 0 Å². The summed E-state index contributed by atoms with van der Waals surface area (Å²) in [5.74, 6) is 0.328. The van der Waals surface area contributed by atoms with Crippen LogP contribution in [0, 0.1) is 6.92 Å². The summed E-state index contributed by atoms with van der Waals surface area (Å²) in [5, 5.41) is 12.2. The number of hydrogen-bond acceptors (Lipinski definition) is 5. The van der Waals surface area contributed by atoms with E-state index in [0.717, 1.165) is 16.3 Å². The predicted molar refractivity (Wildman–Crippen MR) is 79.8 cm³/mol. The van der Waals surface area contributed by atoms with E-state index in [1.807, 2.05) is 38.1 Å². The Morgan fingerprint density at radius 3 is 2.68 bits per heavy atom. The maximum Gasteiger partial charge on any atom is 0.236 e. The number of aromatic nitrogens is 2. The zero-order valence-corrected chi connectivity index (χ0v) is 12.5. The van der Waals surface area contributed by atoms with Gasteiger partial charge in [0, 0.05) is 4.90 Å².